The fraction of sp³-hybridized carbons (Fsp3) is 0.941. The number of halogens is 1. The number of hydrogen-bond donors (Lipinski definition) is 1. The number of nitrogens with one attached hydrogen (secondary N) is 1. The lowest BCUT2D eigenvalue weighted by atomic mass is 9.94. The van der Waals surface area contributed by atoms with E-state index in [1.54, 1.807) is 0 Å². The SMILES string of the molecule is CN=C(NCC1(OC)CCOCC1)N1CCC(N2CCCC2)C1.I. The van der Waals surface area contributed by atoms with Gasteiger partial charge in [0, 0.05) is 65.9 Å². The standard InChI is InChI=1S/C17H32N4O2.HI/c1-18-16(19-14-17(22-2)6-11-23-12-7-17)21-10-5-15(13-21)20-8-3-4-9-20;/h15H,3-14H2,1-2H3,(H,18,19);1H. The van der Waals surface area contributed by atoms with Crippen molar-refractivity contribution in [2.45, 2.75) is 43.7 Å². The van der Waals surface area contributed by atoms with E-state index in [-0.39, 0.29) is 29.6 Å². The Bertz CT molecular complexity index is 409. The van der Waals surface area contributed by atoms with Gasteiger partial charge in [0.2, 0.25) is 0 Å². The molecule has 0 saturated carbocycles. The molecule has 0 amide bonds. The fourth-order valence-electron chi connectivity index (χ4n) is 4.11. The lowest BCUT2D eigenvalue weighted by Crippen LogP contribution is -2.51. The molecule has 0 aromatic carbocycles. The molecule has 1 atom stereocenters. The Kier molecular flexibility index (Phi) is 8.03. The van der Waals surface area contributed by atoms with Crippen molar-refractivity contribution in [3.05, 3.63) is 0 Å². The molecule has 140 valence electrons. The summed E-state index contributed by atoms with van der Waals surface area (Å²) in [5.74, 6) is 1.02. The van der Waals surface area contributed by atoms with Crippen LogP contribution >= 0.6 is 24.0 Å². The van der Waals surface area contributed by atoms with Gasteiger partial charge in [-0.1, -0.05) is 0 Å². The smallest absolute Gasteiger partial charge is 0.193 e. The Morgan fingerprint density at radius 1 is 1.25 bits per heavy atom. The third-order valence-electron chi connectivity index (χ3n) is 5.74. The molecule has 0 spiro atoms. The van der Waals surface area contributed by atoms with Gasteiger partial charge < -0.3 is 19.7 Å². The molecule has 3 heterocycles. The maximum absolute atomic E-state index is 5.81. The minimum absolute atomic E-state index is 0. The first-order valence-electron chi connectivity index (χ1n) is 9.09. The maximum atomic E-state index is 5.81. The molecule has 0 aromatic rings. The summed E-state index contributed by atoms with van der Waals surface area (Å²) >= 11 is 0. The molecule has 3 aliphatic rings. The van der Waals surface area contributed by atoms with Crippen LogP contribution in [0.3, 0.4) is 0 Å². The van der Waals surface area contributed by atoms with Gasteiger partial charge in [-0.15, -0.1) is 24.0 Å². The van der Waals surface area contributed by atoms with Gasteiger partial charge in [-0.3, -0.25) is 9.89 Å². The minimum Gasteiger partial charge on any atom is -0.381 e. The number of methoxy groups -OCH3 is 1. The molecular weight excluding hydrogens is 419 g/mol. The van der Waals surface area contributed by atoms with Gasteiger partial charge in [-0.25, -0.2) is 0 Å². The van der Waals surface area contributed by atoms with Gasteiger partial charge in [0.1, 0.15) is 0 Å². The first-order valence-corrected chi connectivity index (χ1v) is 9.09. The van der Waals surface area contributed by atoms with E-state index in [1.807, 2.05) is 14.2 Å². The van der Waals surface area contributed by atoms with E-state index in [2.05, 4.69) is 20.1 Å². The molecule has 3 rings (SSSR count). The van der Waals surface area contributed by atoms with E-state index in [0.717, 1.165) is 51.6 Å². The molecule has 3 aliphatic heterocycles. The molecule has 0 aromatic heterocycles. The van der Waals surface area contributed by atoms with Crippen LogP contribution in [0.5, 0.6) is 0 Å². The van der Waals surface area contributed by atoms with Crippen LogP contribution in [-0.2, 0) is 9.47 Å². The lowest BCUT2D eigenvalue weighted by molar-refractivity contribution is -0.0857. The summed E-state index contributed by atoms with van der Waals surface area (Å²) in [6, 6.07) is 0.704. The van der Waals surface area contributed by atoms with Crippen LogP contribution in [-0.4, -0.2) is 87.5 Å². The Morgan fingerprint density at radius 3 is 2.58 bits per heavy atom. The molecule has 1 unspecified atom stereocenters. The third-order valence-corrected chi connectivity index (χ3v) is 5.74. The molecule has 6 nitrogen and oxygen atoms in total. The number of ether oxygens (including phenoxy) is 2. The highest BCUT2D eigenvalue weighted by molar-refractivity contribution is 14.0. The summed E-state index contributed by atoms with van der Waals surface area (Å²) in [4.78, 5) is 9.57. The van der Waals surface area contributed by atoms with Gasteiger partial charge in [0.15, 0.2) is 5.96 Å². The molecule has 0 aliphatic carbocycles. The normalized spacial score (nSPS) is 28.0. The molecule has 24 heavy (non-hydrogen) atoms. The Hall–Kier alpha value is -0.120. The predicted molar refractivity (Wildman–Crippen MR) is 107 cm³/mol. The zero-order valence-electron chi connectivity index (χ0n) is 15.1. The number of nitrogens with zero attached hydrogens (tertiary/aromatic N) is 3. The van der Waals surface area contributed by atoms with Crippen molar-refractivity contribution in [2.75, 3.05) is 60.1 Å². The van der Waals surface area contributed by atoms with Crippen molar-refractivity contribution < 1.29 is 9.47 Å². The number of rotatable bonds is 4. The van der Waals surface area contributed by atoms with E-state index in [9.17, 15) is 0 Å². The van der Waals surface area contributed by atoms with Crippen molar-refractivity contribution in [2.24, 2.45) is 4.99 Å². The maximum Gasteiger partial charge on any atom is 0.193 e. The second-order valence-corrected chi connectivity index (χ2v) is 7.03. The van der Waals surface area contributed by atoms with Crippen molar-refractivity contribution in [3.8, 4) is 0 Å². The quantitative estimate of drug-likeness (QED) is 0.399. The Balaban J connectivity index is 0.00000208. The van der Waals surface area contributed by atoms with Crippen LogP contribution < -0.4 is 5.32 Å². The van der Waals surface area contributed by atoms with Crippen molar-refractivity contribution in [3.63, 3.8) is 0 Å². The Morgan fingerprint density at radius 2 is 1.96 bits per heavy atom. The fourth-order valence-corrected chi connectivity index (χ4v) is 4.11. The molecule has 7 heteroatoms. The van der Waals surface area contributed by atoms with E-state index in [4.69, 9.17) is 9.47 Å². The highest BCUT2D eigenvalue weighted by Crippen LogP contribution is 2.24. The van der Waals surface area contributed by atoms with Crippen molar-refractivity contribution in [1.29, 1.82) is 0 Å². The molecule has 3 saturated heterocycles. The monoisotopic (exact) mass is 452 g/mol. The van der Waals surface area contributed by atoms with Crippen LogP contribution in [0.4, 0.5) is 0 Å². The first kappa shape index (κ1) is 20.2. The van der Waals surface area contributed by atoms with Crippen molar-refractivity contribution >= 4 is 29.9 Å². The van der Waals surface area contributed by atoms with Gasteiger partial charge in [-0.2, -0.15) is 0 Å². The van der Waals surface area contributed by atoms with E-state index in [0.29, 0.717) is 6.04 Å². The van der Waals surface area contributed by atoms with Crippen LogP contribution in [0.15, 0.2) is 4.99 Å². The topological polar surface area (TPSA) is 49.3 Å². The zero-order valence-corrected chi connectivity index (χ0v) is 17.5. The summed E-state index contributed by atoms with van der Waals surface area (Å²) < 4.78 is 11.3. The third kappa shape index (κ3) is 4.74. The van der Waals surface area contributed by atoms with Crippen LogP contribution in [0.1, 0.15) is 32.1 Å². The predicted octanol–water partition coefficient (Wildman–Crippen LogP) is 1.55. The van der Waals surface area contributed by atoms with E-state index < -0.39 is 0 Å². The van der Waals surface area contributed by atoms with Gasteiger partial charge >= 0.3 is 0 Å². The molecular formula is C17H33IN4O2. The van der Waals surface area contributed by atoms with Crippen molar-refractivity contribution in [1.82, 2.24) is 15.1 Å². The van der Waals surface area contributed by atoms with E-state index in [1.165, 1.54) is 32.4 Å². The second kappa shape index (κ2) is 9.54. The summed E-state index contributed by atoms with van der Waals surface area (Å²) in [6.07, 6.45) is 5.88. The largest absolute Gasteiger partial charge is 0.381 e. The lowest BCUT2D eigenvalue weighted by Gasteiger charge is -2.37. The van der Waals surface area contributed by atoms with Crippen LogP contribution in [0.25, 0.3) is 0 Å². The second-order valence-electron chi connectivity index (χ2n) is 7.03. The van der Waals surface area contributed by atoms with Crippen LogP contribution in [0, 0.1) is 0 Å². The van der Waals surface area contributed by atoms with E-state index >= 15 is 0 Å². The van der Waals surface area contributed by atoms with Gasteiger partial charge in [0.05, 0.1) is 5.60 Å². The number of hydrogen-bond acceptors (Lipinski definition) is 4. The highest BCUT2D eigenvalue weighted by Gasteiger charge is 2.34. The molecule has 0 radical (unpaired) electrons. The highest BCUT2D eigenvalue weighted by atomic mass is 127. The average Bonchev–Trinajstić information content (AvgIpc) is 3.28. The average molecular weight is 452 g/mol. The first-order chi connectivity index (χ1) is 11.3. The summed E-state index contributed by atoms with van der Waals surface area (Å²) in [5, 5.41) is 3.56. The molecule has 0 bridgehead atoms. The number of likely N-dealkylation sites (tertiary alicyclic amines) is 2. The van der Waals surface area contributed by atoms with Gasteiger partial charge in [-0.05, 0) is 32.4 Å². The summed E-state index contributed by atoms with van der Waals surface area (Å²) in [5.41, 5.74) is -0.109. The number of aliphatic imine (C=N–C) groups is 1. The Labute approximate surface area is 163 Å². The van der Waals surface area contributed by atoms with Gasteiger partial charge in [0.25, 0.3) is 0 Å². The summed E-state index contributed by atoms with van der Waals surface area (Å²) in [6.45, 7) is 7.13. The molecule has 3 fully saturated rings. The molecule has 1 N–H and O–H groups in total. The number of guanidine groups is 1. The summed E-state index contributed by atoms with van der Waals surface area (Å²) in [7, 11) is 3.70. The van der Waals surface area contributed by atoms with Crippen LogP contribution in [0.2, 0.25) is 0 Å². The zero-order chi connectivity index (χ0) is 16.1. The minimum atomic E-state index is -0.109.